The summed E-state index contributed by atoms with van der Waals surface area (Å²) in [5.74, 6) is 0.838. The fourth-order valence-corrected chi connectivity index (χ4v) is 4.03. The molecule has 3 aliphatic heterocycles. The number of nitrogens with zero attached hydrogens (tertiary/aromatic N) is 1. The Morgan fingerprint density at radius 2 is 2.04 bits per heavy atom. The molecule has 0 aromatic heterocycles. The second kappa shape index (κ2) is 7.30. The van der Waals surface area contributed by atoms with Crippen LogP contribution in [-0.2, 0) is 9.53 Å². The van der Waals surface area contributed by atoms with Gasteiger partial charge in [-0.3, -0.25) is 4.79 Å². The van der Waals surface area contributed by atoms with Crippen LogP contribution in [0.15, 0.2) is 24.3 Å². The summed E-state index contributed by atoms with van der Waals surface area (Å²) in [5.41, 5.74) is 1.70. The average molecular weight is 352 g/mol. The van der Waals surface area contributed by atoms with Crippen LogP contribution in [0.4, 0.5) is 11.4 Å². The molecular weight excluding hydrogens is 326 g/mol. The average Bonchev–Trinajstić information content (AvgIpc) is 3.10. The number of benzene rings is 1. The first-order valence-corrected chi connectivity index (χ1v) is 8.76. The number of piperidine rings is 1. The maximum absolute atomic E-state index is 13.3. The summed E-state index contributed by atoms with van der Waals surface area (Å²) in [6.45, 7) is 4.29. The van der Waals surface area contributed by atoms with Crippen molar-refractivity contribution in [3.63, 3.8) is 0 Å². The molecule has 1 atom stereocenters. The van der Waals surface area contributed by atoms with E-state index < -0.39 is 5.54 Å². The Balaban J connectivity index is 0.00000169. The zero-order valence-corrected chi connectivity index (χ0v) is 14.7. The molecule has 4 rings (SSSR count). The minimum Gasteiger partial charge on any atom is -0.381 e. The Hall–Kier alpha value is -1.30. The molecular formula is C18H26ClN3O2. The smallest absolute Gasteiger partial charge is 0.252 e. The Morgan fingerprint density at radius 3 is 2.79 bits per heavy atom. The molecule has 1 spiro atoms. The molecule has 0 radical (unpaired) electrons. The maximum Gasteiger partial charge on any atom is 0.252 e. The maximum atomic E-state index is 13.3. The van der Waals surface area contributed by atoms with Gasteiger partial charge in [-0.1, -0.05) is 12.1 Å². The molecule has 3 aliphatic rings. The lowest BCUT2D eigenvalue weighted by Gasteiger charge is -2.46. The lowest BCUT2D eigenvalue weighted by molar-refractivity contribution is -0.124. The molecule has 1 unspecified atom stereocenters. The summed E-state index contributed by atoms with van der Waals surface area (Å²) in [6, 6.07) is 8.20. The van der Waals surface area contributed by atoms with Crippen molar-refractivity contribution in [3.05, 3.63) is 24.3 Å². The first-order chi connectivity index (χ1) is 11.3. The monoisotopic (exact) mass is 351 g/mol. The number of ether oxygens (including phenoxy) is 1. The standard InChI is InChI=1S/C18H25N3O2.ClH/c22-17-18(7-9-19-10-8-18)20-15-3-1-2-4-16(15)21(17)11-5-14-6-12-23-13-14;/h1-4,14,19-20H,5-13H2;1H. The van der Waals surface area contributed by atoms with Gasteiger partial charge in [0.1, 0.15) is 5.54 Å². The predicted octanol–water partition coefficient (Wildman–Crippen LogP) is 2.42. The van der Waals surface area contributed by atoms with Crippen LogP contribution in [0.1, 0.15) is 25.7 Å². The molecule has 1 aromatic rings. The van der Waals surface area contributed by atoms with Crippen LogP contribution in [0.25, 0.3) is 0 Å². The number of carbonyl (C=O) groups is 1. The Morgan fingerprint density at radius 1 is 1.25 bits per heavy atom. The van der Waals surface area contributed by atoms with Gasteiger partial charge in [-0.2, -0.15) is 0 Å². The number of fused-ring (bicyclic) bond motifs is 1. The number of amides is 1. The van der Waals surface area contributed by atoms with E-state index in [4.69, 9.17) is 4.74 Å². The van der Waals surface area contributed by atoms with Gasteiger partial charge in [0, 0.05) is 19.8 Å². The third kappa shape index (κ3) is 3.13. The number of rotatable bonds is 3. The Labute approximate surface area is 149 Å². The van der Waals surface area contributed by atoms with Crippen molar-refractivity contribution >= 4 is 29.7 Å². The number of carbonyl (C=O) groups excluding carboxylic acids is 1. The highest BCUT2D eigenvalue weighted by atomic mass is 35.5. The quantitative estimate of drug-likeness (QED) is 0.878. The van der Waals surface area contributed by atoms with Crippen molar-refractivity contribution in [2.24, 2.45) is 5.92 Å². The number of anilines is 2. The molecule has 0 saturated carbocycles. The van der Waals surface area contributed by atoms with Crippen LogP contribution in [0, 0.1) is 5.92 Å². The largest absolute Gasteiger partial charge is 0.381 e. The summed E-state index contributed by atoms with van der Waals surface area (Å²) in [7, 11) is 0. The van der Waals surface area contributed by atoms with Crippen LogP contribution in [-0.4, -0.2) is 44.3 Å². The fourth-order valence-electron chi connectivity index (χ4n) is 4.03. The van der Waals surface area contributed by atoms with E-state index in [-0.39, 0.29) is 18.3 Å². The van der Waals surface area contributed by atoms with E-state index in [9.17, 15) is 4.79 Å². The lowest BCUT2D eigenvalue weighted by atomic mass is 9.84. The normalized spacial score (nSPS) is 25.1. The number of hydrogen-bond acceptors (Lipinski definition) is 4. The predicted molar refractivity (Wildman–Crippen MR) is 98.0 cm³/mol. The van der Waals surface area contributed by atoms with E-state index in [1.54, 1.807) is 0 Å². The molecule has 5 nitrogen and oxygen atoms in total. The fraction of sp³-hybridized carbons (Fsp3) is 0.611. The topological polar surface area (TPSA) is 53.6 Å². The molecule has 2 fully saturated rings. The third-order valence-electron chi connectivity index (χ3n) is 5.47. The Kier molecular flexibility index (Phi) is 5.33. The summed E-state index contributed by atoms with van der Waals surface area (Å²) in [4.78, 5) is 15.3. The van der Waals surface area contributed by atoms with Gasteiger partial charge in [0.15, 0.2) is 0 Å². The van der Waals surface area contributed by atoms with Gasteiger partial charge in [0.25, 0.3) is 5.91 Å². The third-order valence-corrected chi connectivity index (χ3v) is 5.47. The van der Waals surface area contributed by atoms with Gasteiger partial charge in [-0.05, 0) is 56.8 Å². The SMILES string of the molecule is Cl.O=C1N(CCC2CCOC2)c2ccccc2NC12CCNCC2. The molecule has 1 amide bonds. The van der Waals surface area contributed by atoms with Crippen molar-refractivity contribution in [1.29, 1.82) is 0 Å². The minimum atomic E-state index is -0.425. The highest BCUT2D eigenvalue weighted by Gasteiger charge is 2.46. The molecule has 3 heterocycles. The molecule has 0 aliphatic carbocycles. The van der Waals surface area contributed by atoms with Gasteiger partial charge in [-0.25, -0.2) is 0 Å². The number of halogens is 1. The van der Waals surface area contributed by atoms with Gasteiger partial charge in [0.05, 0.1) is 11.4 Å². The minimum absolute atomic E-state index is 0. The first-order valence-electron chi connectivity index (χ1n) is 8.76. The summed E-state index contributed by atoms with van der Waals surface area (Å²) in [6.07, 6.45) is 3.85. The number of hydrogen-bond donors (Lipinski definition) is 2. The van der Waals surface area contributed by atoms with Crippen molar-refractivity contribution < 1.29 is 9.53 Å². The zero-order valence-electron chi connectivity index (χ0n) is 13.9. The molecule has 6 heteroatoms. The van der Waals surface area contributed by atoms with E-state index in [0.717, 1.165) is 69.9 Å². The molecule has 2 N–H and O–H groups in total. The molecule has 0 bridgehead atoms. The number of nitrogens with one attached hydrogen (secondary N) is 2. The molecule has 1 aromatic carbocycles. The van der Waals surface area contributed by atoms with Crippen LogP contribution in [0.3, 0.4) is 0 Å². The van der Waals surface area contributed by atoms with E-state index in [2.05, 4.69) is 22.8 Å². The molecule has 132 valence electrons. The van der Waals surface area contributed by atoms with Gasteiger partial charge >= 0.3 is 0 Å². The van der Waals surface area contributed by atoms with Gasteiger partial charge < -0.3 is 20.3 Å². The summed E-state index contributed by atoms with van der Waals surface area (Å²) >= 11 is 0. The lowest BCUT2D eigenvalue weighted by Crippen LogP contribution is -2.61. The molecule has 2 saturated heterocycles. The zero-order chi connectivity index (χ0) is 15.7. The summed E-state index contributed by atoms with van der Waals surface area (Å²) in [5, 5.41) is 6.93. The van der Waals surface area contributed by atoms with E-state index in [0.29, 0.717) is 5.92 Å². The number of para-hydroxylation sites is 2. The Bertz CT molecular complexity index is 583. The van der Waals surface area contributed by atoms with Crippen LogP contribution >= 0.6 is 12.4 Å². The second-order valence-corrected chi connectivity index (χ2v) is 6.95. The van der Waals surface area contributed by atoms with E-state index in [1.165, 1.54) is 0 Å². The summed E-state index contributed by atoms with van der Waals surface area (Å²) < 4.78 is 5.48. The van der Waals surface area contributed by atoms with Gasteiger partial charge in [0.2, 0.25) is 0 Å². The molecule has 24 heavy (non-hydrogen) atoms. The van der Waals surface area contributed by atoms with E-state index in [1.807, 2.05) is 17.0 Å². The van der Waals surface area contributed by atoms with Crippen LogP contribution < -0.4 is 15.5 Å². The highest BCUT2D eigenvalue weighted by Crippen LogP contribution is 2.39. The second-order valence-electron chi connectivity index (χ2n) is 6.95. The van der Waals surface area contributed by atoms with Crippen molar-refractivity contribution in [1.82, 2.24) is 5.32 Å². The van der Waals surface area contributed by atoms with Crippen LogP contribution in [0.5, 0.6) is 0 Å². The van der Waals surface area contributed by atoms with Crippen molar-refractivity contribution in [2.45, 2.75) is 31.2 Å². The van der Waals surface area contributed by atoms with Gasteiger partial charge in [-0.15, -0.1) is 12.4 Å². The van der Waals surface area contributed by atoms with Crippen LogP contribution in [0.2, 0.25) is 0 Å². The highest BCUT2D eigenvalue weighted by molar-refractivity contribution is 6.08. The van der Waals surface area contributed by atoms with Crippen molar-refractivity contribution in [3.8, 4) is 0 Å². The first kappa shape index (κ1) is 17.5. The van der Waals surface area contributed by atoms with E-state index >= 15 is 0 Å². The van der Waals surface area contributed by atoms with Crippen molar-refractivity contribution in [2.75, 3.05) is 43.1 Å².